The normalized spacial score (nSPS) is 22.4. The van der Waals surface area contributed by atoms with Crippen LogP contribution in [0.15, 0.2) is 16.5 Å². The maximum absolute atomic E-state index is 9.19. The predicted octanol–water partition coefficient (Wildman–Crippen LogP) is 1.80. The van der Waals surface area contributed by atoms with Gasteiger partial charge >= 0.3 is 0 Å². The summed E-state index contributed by atoms with van der Waals surface area (Å²) < 4.78 is 5.66. The van der Waals surface area contributed by atoms with E-state index in [4.69, 9.17) is 4.42 Å². The fourth-order valence-electron chi connectivity index (χ4n) is 2.21. The van der Waals surface area contributed by atoms with Crippen LogP contribution in [-0.4, -0.2) is 29.2 Å². The number of furan rings is 1. The molecule has 1 aromatic rings. The second-order valence-electron chi connectivity index (χ2n) is 4.17. The lowest BCUT2D eigenvalue weighted by atomic mass is 10.2. The van der Waals surface area contributed by atoms with Crippen molar-refractivity contribution in [1.82, 2.24) is 4.90 Å². The molecule has 84 valence electrons. The molecule has 0 saturated carbocycles. The van der Waals surface area contributed by atoms with E-state index in [9.17, 15) is 5.11 Å². The Balaban J connectivity index is 1.95. The van der Waals surface area contributed by atoms with Gasteiger partial charge in [0.05, 0.1) is 13.2 Å². The third kappa shape index (κ3) is 2.41. The molecule has 0 aromatic carbocycles. The number of hydrogen-bond acceptors (Lipinski definition) is 3. The minimum Gasteiger partial charge on any atom is -0.465 e. The molecule has 1 fully saturated rings. The van der Waals surface area contributed by atoms with Gasteiger partial charge in [-0.2, -0.15) is 0 Å². The highest BCUT2D eigenvalue weighted by Crippen LogP contribution is 2.20. The zero-order chi connectivity index (χ0) is 10.7. The van der Waals surface area contributed by atoms with Crippen molar-refractivity contribution in [2.24, 2.45) is 0 Å². The summed E-state index contributed by atoms with van der Waals surface area (Å²) in [6, 6.07) is 4.42. The van der Waals surface area contributed by atoms with Gasteiger partial charge in [0.1, 0.15) is 11.5 Å². The van der Waals surface area contributed by atoms with E-state index < -0.39 is 0 Å². The van der Waals surface area contributed by atoms with E-state index in [-0.39, 0.29) is 6.61 Å². The first kappa shape index (κ1) is 10.7. The molecule has 3 nitrogen and oxygen atoms in total. The van der Waals surface area contributed by atoms with Crippen molar-refractivity contribution in [2.45, 2.75) is 38.8 Å². The van der Waals surface area contributed by atoms with Gasteiger partial charge in [-0.3, -0.25) is 4.90 Å². The van der Waals surface area contributed by atoms with Crippen molar-refractivity contribution in [1.29, 1.82) is 0 Å². The first-order valence-electron chi connectivity index (χ1n) is 5.76. The van der Waals surface area contributed by atoms with Crippen LogP contribution < -0.4 is 0 Å². The number of aryl methyl sites for hydroxylation is 1. The van der Waals surface area contributed by atoms with E-state index in [1.54, 1.807) is 0 Å². The van der Waals surface area contributed by atoms with Gasteiger partial charge in [-0.1, -0.05) is 6.92 Å². The van der Waals surface area contributed by atoms with Crippen LogP contribution >= 0.6 is 0 Å². The highest BCUT2D eigenvalue weighted by Gasteiger charge is 2.24. The van der Waals surface area contributed by atoms with Crippen LogP contribution in [0.3, 0.4) is 0 Å². The largest absolute Gasteiger partial charge is 0.465 e. The van der Waals surface area contributed by atoms with Crippen LogP contribution in [0.1, 0.15) is 31.3 Å². The highest BCUT2D eigenvalue weighted by atomic mass is 16.3. The minimum atomic E-state index is 0.265. The van der Waals surface area contributed by atoms with Gasteiger partial charge in [0.2, 0.25) is 0 Å². The molecule has 0 spiro atoms. The molecule has 0 unspecified atom stereocenters. The first-order valence-corrected chi connectivity index (χ1v) is 5.76. The van der Waals surface area contributed by atoms with Crippen LogP contribution in [-0.2, 0) is 13.0 Å². The zero-order valence-corrected chi connectivity index (χ0v) is 9.28. The van der Waals surface area contributed by atoms with Crippen molar-refractivity contribution < 1.29 is 9.52 Å². The molecular formula is C12H19NO2. The molecule has 3 heteroatoms. The third-order valence-corrected chi connectivity index (χ3v) is 3.13. The van der Waals surface area contributed by atoms with Crippen LogP contribution in [0, 0.1) is 0 Å². The molecule has 0 radical (unpaired) electrons. The Morgan fingerprint density at radius 1 is 1.47 bits per heavy atom. The Hall–Kier alpha value is -0.800. The fraction of sp³-hybridized carbons (Fsp3) is 0.667. The Kier molecular flexibility index (Phi) is 3.44. The molecule has 15 heavy (non-hydrogen) atoms. The van der Waals surface area contributed by atoms with E-state index >= 15 is 0 Å². The summed E-state index contributed by atoms with van der Waals surface area (Å²) in [6.45, 7) is 4.27. The van der Waals surface area contributed by atoms with Crippen LogP contribution in [0.4, 0.5) is 0 Å². The molecule has 1 aliphatic heterocycles. The third-order valence-electron chi connectivity index (χ3n) is 3.13. The van der Waals surface area contributed by atoms with Gasteiger partial charge in [0, 0.05) is 12.5 Å². The molecule has 0 bridgehead atoms. The van der Waals surface area contributed by atoms with E-state index in [0.717, 1.165) is 37.5 Å². The van der Waals surface area contributed by atoms with Crippen molar-refractivity contribution >= 4 is 0 Å². The summed E-state index contributed by atoms with van der Waals surface area (Å²) in [5, 5.41) is 9.19. The van der Waals surface area contributed by atoms with E-state index in [0.29, 0.717) is 6.04 Å². The lowest BCUT2D eigenvalue weighted by Crippen LogP contribution is -2.31. The second-order valence-corrected chi connectivity index (χ2v) is 4.17. The molecule has 1 aliphatic rings. The van der Waals surface area contributed by atoms with Gasteiger partial charge in [-0.05, 0) is 31.5 Å². The first-order chi connectivity index (χ1) is 7.33. The van der Waals surface area contributed by atoms with Crippen molar-refractivity contribution in [3.8, 4) is 0 Å². The zero-order valence-electron chi connectivity index (χ0n) is 9.28. The van der Waals surface area contributed by atoms with E-state index in [2.05, 4.69) is 11.8 Å². The minimum absolute atomic E-state index is 0.265. The molecular weight excluding hydrogens is 190 g/mol. The standard InChI is InChI=1S/C12H19NO2/c1-2-11-5-6-12(15-11)8-13-7-3-4-10(13)9-14/h5-6,10,14H,2-4,7-9H2,1H3/t10-/m1/s1. The van der Waals surface area contributed by atoms with E-state index in [1.807, 2.05) is 12.1 Å². The Labute approximate surface area is 90.7 Å². The average Bonchev–Trinajstić information content (AvgIpc) is 2.87. The number of aliphatic hydroxyl groups excluding tert-OH is 1. The monoisotopic (exact) mass is 209 g/mol. The maximum atomic E-state index is 9.19. The molecule has 1 saturated heterocycles. The lowest BCUT2D eigenvalue weighted by molar-refractivity contribution is 0.146. The summed E-state index contributed by atoms with van der Waals surface area (Å²) >= 11 is 0. The Bertz CT molecular complexity index is 308. The average molecular weight is 209 g/mol. The topological polar surface area (TPSA) is 36.6 Å². The fourth-order valence-corrected chi connectivity index (χ4v) is 2.21. The summed E-state index contributed by atoms with van der Waals surface area (Å²) in [7, 11) is 0. The summed E-state index contributed by atoms with van der Waals surface area (Å²) in [4.78, 5) is 2.30. The summed E-state index contributed by atoms with van der Waals surface area (Å²) in [6.07, 6.45) is 3.24. The SMILES string of the molecule is CCc1ccc(CN2CCC[C@@H]2CO)o1. The Morgan fingerprint density at radius 2 is 2.27 bits per heavy atom. The predicted molar refractivity (Wildman–Crippen MR) is 58.6 cm³/mol. The number of nitrogens with zero attached hydrogens (tertiary/aromatic N) is 1. The Morgan fingerprint density at radius 3 is 2.93 bits per heavy atom. The van der Waals surface area contributed by atoms with Crippen LogP contribution in [0.25, 0.3) is 0 Å². The molecule has 2 rings (SSSR count). The highest BCUT2D eigenvalue weighted by molar-refractivity contribution is 5.07. The number of likely N-dealkylation sites (tertiary alicyclic amines) is 1. The smallest absolute Gasteiger partial charge is 0.118 e. The van der Waals surface area contributed by atoms with E-state index in [1.165, 1.54) is 6.42 Å². The summed E-state index contributed by atoms with van der Waals surface area (Å²) in [5.74, 6) is 2.07. The molecule has 2 heterocycles. The number of hydrogen-bond donors (Lipinski definition) is 1. The molecule has 1 N–H and O–H groups in total. The maximum Gasteiger partial charge on any atom is 0.118 e. The van der Waals surface area contributed by atoms with Crippen molar-refractivity contribution in [2.75, 3.05) is 13.2 Å². The van der Waals surface area contributed by atoms with Crippen LogP contribution in [0.2, 0.25) is 0 Å². The molecule has 0 amide bonds. The molecule has 1 atom stereocenters. The quantitative estimate of drug-likeness (QED) is 0.821. The van der Waals surface area contributed by atoms with Crippen LogP contribution in [0.5, 0.6) is 0 Å². The second kappa shape index (κ2) is 4.81. The van der Waals surface area contributed by atoms with Gasteiger partial charge in [0.15, 0.2) is 0 Å². The van der Waals surface area contributed by atoms with Gasteiger partial charge in [-0.15, -0.1) is 0 Å². The van der Waals surface area contributed by atoms with Gasteiger partial charge in [0.25, 0.3) is 0 Å². The van der Waals surface area contributed by atoms with Gasteiger partial charge in [-0.25, -0.2) is 0 Å². The molecule has 0 aliphatic carbocycles. The van der Waals surface area contributed by atoms with Gasteiger partial charge < -0.3 is 9.52 Å². The number of aliphatic hydroxyl groups is 1. The lowest BCUT2D eigenvalue weighted by Gasteiger charge is -2.21. The number of rotatable bonds is 4. The van der Waals surface area contributed by atoms with Crippen molar-refractivity contribution in [3.05, 3.63) is 23.7 Å². The molecule has 1 aromatic heterocycles. The van der Waals surface area contributed by atoms with Crippen molar-refractivity contribution in [3.63, 3.8) is 0 Å². The summed E-state index contributed by atoms with van der Waals surface area (Å²) in [5.41, 5.74) is 0.